The molecule has 1 heterocycles. The average molecular weight is 294 g/mol. The van der Waals surface area contributed by atoms with Gasteiger partial charge in [0.1, 0.15) is 5.75 Å². The number of methoxy groups -OCH3 is 2. The highest BCUT2D eigenvalue weighted by Gasteiger charge is 2.33. The van der Waals surface area contributed by atoms with Crippen molar-refractivity contribution in [3.05, 3.63) is 17.3 Å². The molecule has 2 N–H and O–H groups in total. The Kier molecular flexibility index (Phi) is 5.14. The van der Waals surface area contributed by atoms with Crippen LogP contribution in [0.15, 0.2) is 6.07 Å². The van der Waals surface area contributed by atoms with Gasteiger partial charge in [-0.2, -0.15) is 0 Å². The number of esters is 1. The first-order chi connectivity index (χ1) is 9.30. The van der Waals surface area contributed by atoms with Crippen LogP contribution in [-0.2, 0) is 22.5 Å². The van der Waals surface area contributed by atoms with Crippen LogP contribution in [-0.4, -0.2) is 31.5 Å². The number of hydrogen-bond acceptors (Lipinski definition) is 6. The van der Waals surface area contributed by atoms with Crippen LogP contribution in [0.3, 0.4) is 0 Å². The number of ether oxygens (including phenoxy) is 3. The summed E-state index contributed by atoms with van der Waals surface area (Å²) < 4.78 is 50.3. The second-order valence-electron chi connectivity index (χ2n) is 3.60. The van der Waals surface area contributed by atoms with Crippen LogP contribution in [0.25, 0.3) is 0 Å². The predicted molar refractivity (Wildman–Crippen MR) is 61.1 cm³/mol. The van der Waals surface area contributed by atoms with E-state index in [0.29, 0.717) is 0 Å². The molecule has 0 fully saturated rings. The lowest BCUT2D eigenvalue weighted by atomic mass is 10.1. The SMILES string of the molecule is COC(=O)Cc1c(OC(F)(F)F)cc(CN)nc1OC. The van der Waals surface area contributed by atoms with Crippen molar-refractivity contribution in [2.24, 2.45) is 5.73 Å². The fraction of sp³-hybridized carbons (Fsp3) is 0.455. The third-order valence-electron chi connectivity index (χ3n) is 2.28. The molecule has 0 saturated carbocycles. The molecule has 0 radical (unpaired) electrons. The quantitative estimate of drug-likeness (QED) is 0.820. The van der Waals surface area contributed by atoms with Gasteiger partial charge >= 0.3 is 12.3 Å². The molecule has 112 valence electrons. The van der Waals surface area contributed by atoms with Crippen LogP contribution in [0.5, 0.6) is 11.6 Å². The molecule has 1 aromatic heterocycles. The zero-order chi connectivity index (χ0) is 15.3. The van der Waals surface area contributed by atoms with Crippen LogP contribution in [0, 0.1) is 0 Å². The smallest absolute Gasteiger partial charge is 0.481 e. The number of nitrogens with two attached hydrogens (primary N) is 1. The zero-order valence-corrected chi connectivity index (χ0v) is 10.8. The highest BCUT2D eigenvalue weighted by molar-refractivity contribution is 5.74. The summed E-state index contributed by atoms with van der Waals surface area (Å²) in [6.45, 7) is -0.108. The van der Waals surface area contributed by atoms with Gasteiger partial charge in [-0.05, 0) is 0 Å². The molecule has 1 aromatic rings. The van der Waals surface area contributed by atoms with E-state index in [9.17, 15) is 18.0 Å². The monoisotopic (exact) mass is 294 g/mol. The maximum absolute atomic E-state index is 12.4. The van der Waals surface area contributed by atoms with Crippen molar-refractivity contribution in [3.8, 4) is 11.6 Å². The second-order valence-corrected chi connectivity index (χ2v) is 3.60. The lowest BCUT2D eigenvalue weighted by molar-refractivity contribution is -0.275. The summed E-state index contributed by atoms with van der Waals surface area (Å²) in [4.78, 5) is 15.1. The fourth-order valence-electron chi connectivity index (χ4n) is 1.44. The molecular weight excluding hydrogens is 281 g/mol. The first-order valence-corrected chi connectivity index (χ1v) is 5.40. The lowest BCUT2D eigenvalue weighted by Crippen LogP contribution is -2.20. The van der Waals surface area contributed by atoms with Gasteiger partial charge in [0.15, 0.2) is 0 Å². The van der Waals surface area contributed by atoms with Gasteiger partial charge in [-0.1, -0.05) is 0 Å². The van der Waals surface area contributed by atoms with E-state index >= 15 is 0 Å². The number of nitrogens with zero attached hydrogens (tertiary/aromatic N) is 1. The van der Waals surface area contributed by atoms with E-state index in [1.54, 1.807) is 0 Å². The van der Waals surface area contributed by atoms with E-state index in [-0.39, 0.29) is 23.7 Å². The minimum Gasteiger partial charge on any atom is -0.481 e. The molecule has 0 unspecified atom stereocenters. The molecule has 0 spiro atoms. The Hall–Kier alpha value is -2.03. The van der Waals surface area contributed by atoms with Crippen LogP contribution < -0.4 is 15.2 Å². The molecule has 0 aliphatic heterocycles. The standard InChI is InChI=1S/C11H13F3N2O4/c1-18-9(17)4-7-8(20-11(12,13)14)3-6(5-15)16-10(7)19-2/h3H,4-5,15H2,1-2H3. The van der Waals surface area contributed by atoms with Gasteiger partial charge in [-0.3, -0.25) is 4.79 Å². The maximum Gasteiger partial charge on any atom is 0.573 e. The Morgan fingerprint density at radius 3 is 2.50 bits per heavy atom. The van der Waals surface area contributed by atoms with Gasteiger partial charge in [0.2, 0.25) is 5.88 Å². The van der Waals surface area contributed by atoms with Crippen LogP contribution >= 0.6 is 0 Å². The third-order valence-corrected chi connectivity index (χ3v) is 2.28. The number of alkyl halides is 3. The number of carbonyl (C=O) groups excluding carboxylic acids is 1. The summed E-state index contributed by atoms with van der Waals surface area (Å²) in [5.74, 6) is -1.51. The Morgan fingerprint density at radius 2 is 2.05 bits per heavy atom. The number of rotatable bonds is 5. The predicted octanol–water partition coefficient (Wildman–Crippen LogP) is 1.16. The summed E-state index contributed by atoms with van der Waals surface area (Å²) in [5.41, 5.74) is 5.31. The molecule has 6 nitrogen and oxygen atoms in total. The molecule has 0 aliphatic carbocycles. The van der Waals surface area contributed by atoms with Gasteiger partial charge in [0.25, 0.3) is 0 Å². The lowest BCUT2D eigenvalue weighted by Gasteiger charge is -2.16. The Labute approximate surface area is 112 Å². The Balaban J connectivity index is 3.30. The van der Waals surface area contributed by atoms with Crippen LogP contribution in [0.1, 0.15) is 11.3 Å². The van der Waals surface area contributed by atoms with Crippen LogP contribution in [0.2, 0.25) is 0 Å². The zero-order valence-electron chi connectivity index (χ0n) is 10.8. The Bertz CT molecular complexity index is 491. The average Bonchev–Trinajstić information content (AvgIpc) is 2.38. The van der Waals surface area contributed by atoms with Crippen molar-refractivity contribution in [1.82, 2.24) is 4.98 Å². The molecule has 0 aromatic carbocycles. The van der Waals surface area contributed by atoms with Crippen molar-refractivity contribution >= 4 is 5.97 Å². The fourth-order valence-corrected chi connectivity index (χ4v) is 1.44. The molecule has 0 amide bonds. The van der Waals surface area contributed by atoms with Crippen molar-refractivity contribution in [1.29, 1.82) is 0 Å². The molecule has 20 heavy (non-hydrogen) atoms. The minimum absolute atomic E-state index is 0.108. The summed E-state index contributed by atoms with van der Waals surface area (Å²) in [6, 6.07) is 1.01. The van der Waals surface area contributed by atoms with Gasteiger partial charge in [0, 0.05) is 12.6 Å². The Morgan fingerprint density at radius 1 is 1.40 bits per heavy atom. The highest BCUT2D eigenvalue weighted by Crippen LogP contribution is 2.32. The largest absolute Gasteiger partial charge is 0.573 e. The maximum atomic E-state index is 12.4. The molecule has 9 heteroatoms. The molecular formula is C11H13F3N2O4. The van der Waals surface area contributed by atoms with E-state index in [1.807, 2.05) is 0 Å². The van der Waals surface area contributed by atoms with E-state index in [4.69, 9.17) is 10.5 Å². The first-order valence-electron chi connectivity index (χ1n) is 5.40. The summed E-state index contributed by atoms with van der Waals surface area (Å²) in [7, 11) is 2.32. The number of aromatic nitrogens is 1. The third kappa shape index (κ3) is 4.26. The molecule has 0 bridgehead atoms. The van der Waals surface area contributed by atoms with Crippen molar-refractivity contribution in [2.75, 3.05) is 14.2 Å². The summed E-state index contributed by atoms with van der Waals surface area (Å²) >= 11 is 0. The summed E-state index contributed by atoms with van der Waals surface area (Å²) in [5, 5.41) is 0. The number of carbonyl (C=O) groups is 1. The highest BCUT2D eigenvalue weighted by atomic mass is 19.4. The summed E-state index contributed by atoms with van der Waals surface area (Å²) in [6.07, 6.45) is -5.38. The van der Waals surface area contributed by atoms with E-state index in [0.717, 1.165) is 13.2 Å². The van der Waals surface area contributed by atoms with E-state index in [1.165, 1.54) is 7.11 Å². The normalized spacial score (nSPS) is 11.1. The van der Waals surface area contributed by atoms with Gasteiger partial charge in [-0.15, -0.1) is 13.2 Å². The topological polar surface area (TPSA) is 83.7 Å². The number of halogens is 3. The van der Waals surface area contributed by atoms with Crippen molar-refractivity contribution in [2.45, 2.75) is 19.3 Å². The molecule has 1 rings (SSSR count). The van der Waals surface area contributed by atoms with E-state index in [2.05, 4.69) is 14.5 Å². The van der Waals surface area contributed by atoms with Gasteiger partial charge in [0.05, 0.1) is 31.9 Å². The minimum atomic E-state index is -4.91. The van der Waals surface area contributed by atoms with E-state index < -0.39 is 24.5 Å². The van der Waals surface area contributed by atoms with Crippen molar-refractivity contribution < 1.29 is 32.2 Å². The molecule has 0 saturated heterocycles. The van der Waals surface area contributed by atoms with Crippen LogP contribution in [0.4, 0.5) is 13.2 Å². The first kappa shape index (κ1) is 16.0. The molecule has 0 aliphatic rings. The number of hydrogen-bond donors (Lipinski definition) is 1. The molecule has 0 atom stereocenters. The van der Waals surface area contributed by atoms with Gasteiger partial charge < -0.3 is 19.9 Å². The number of pyridine rings is 1. The second kappa shape index (κ2) is 6.42. The van der Waals surface area contributed by atoms with Gasteiger partial charge in [-0.25, -0.2) is 4.98 Å². The van der Waals surface area contributed by atoms with Crippen molar-refractivity contribution in [3.63, 3.8) is 0 Å².